The normalized spacial score (nSPS) is 11.7. The number of rotatable bonds is 2. The van der Waals surface area contributed by atoms with Gasteiger partial charge in [0.05, 0.1) is 9.79 Å². The Hall–Kier alpha value is -2.01. The van der Waals surface area contributed by atoms with Gasteiger partial charge in [0.1, 0.15) is 11.5 Å². The summed E-state index contributed by atoms with van der Waals surface area (Å²) in [6.45, 7) is 8.37. The zero-order valence-electron chi connectivity index (χ0n) is 13.4. The summed E-state index contributed by atoms with van der Waals surface area (Å²) >= 11 is 0. The fourth-order valence-electron chi connectivity index (χ4n) is 3.02. The lowest BCUT2D eigenvalue weighted by atomic mass is 10.1. The van der Waals surface area contributed by atoms with Gasteiger partial charge in [-0.05, 0) is 69.0 Å². The number of benzene rings is 2. The monoisotopic (exact) mass is 320 g/mol. The van der Waals surface area contributed by atoms with Gasteiger partial charge in [0.25, 0.3) is 0 Å². The summed E-state index contributed by atoms with van der Waals surface area (Å²) in [5.74, 6) is 0.0346. The average Bonchev–Trinajstić information content (AvgIpc) is 2.33. The maximum Gasteiger partial charge on any atom is 0.207 e. The molecule has 0 saturated carbocycles. The minimum atomic E-state index is -3.79. The highest BCUT2D eigenvalue weighted by Crippen LogP contribution is 2.37. The molecular weight excluding hydrogens is 300 g/mol. The van der Waals surface area contributed by atoms with Crippen LogP contribution < -0.4 is 0 Å². The predicted molar refractivity (Wildman–Crippen MR) is 85.4 cm³/mol. The topological polar surface area (TPSA) is 74.6 Å². The quantitative estimate of drug-likeness (QED) is 0.888. The summed E-state index contributed by atoms with van der Waals surface area (Å²) in [5, 5.41) is 19.7. The molecule has 4 nitrogen and oxygen atoms in total. The Kier molecular flexibility index (Phi) is 3.96. The van der Waals surface area contributed by atoms with E-state index >= 15 is 0 Å². The van der Waals surface area contributed by atoms with Gasteiger partial charge in [-0.1, -0.05) is 6.07 Å². The zero-order chi connectivity index (χ0) is 16.8. The van der Waals surface area contributed by atoms with E-state index in [1.54, 1.807) is 40.7 Å². The lowest BCUT2D eigenvalue weighted by molar-refractivity contribution is 0.463. The van der Waals surface area contributed by atoms with Crippen molar-refractivity contribution < 1.29 is 18.6 Å². The molecule has 0 bridgehead atoms. The zero-order valence-corrected chi connectivity index (χ0v) is 14.2. The van der Waals surface area contributed by atoms with Crippen LogP contribution in [0.3, 0.4) is 0 Å². The minimum Gasteiger partial charge on any atom is -0.508 e. The van der Waals surface area contributed by atoms with Gasteiger partial charge in [0.2, 0.25) is 9.84 Å². The third-order valence-electron chi connectivity index (χ3n) is 3.84. The van der Waals surface area contributed by atoms with Gasteiger partial charge in [-0.25, -0.2) is 8.42 Å². The van der Waals surface area contributed by atoms with Gasteiger partial charge in [0, 0.05) is 5.56 Å². The van der Waals surface area contributed by atoms with Gasteiger partial charge in [-0.2, -0.15) is 0 Å². The maximum absolute atomic E-state index is 13.1. The van der Waals surface area contributed by atoms with Crippen LogP contribution in [0, 0.1) is 34.6 Å². The van der Waals surface area contributed by atoms with Crippen LogP contribution in [0.5, 0.6) is 11.5 Å². The first kappa shape index (κ1) is 16.4. The molecule has 0 aliphatic rings. The summed E-state index contributed by atoms with van der Waals surface area (Å²) in [5.41, 5.74) is 2.56. The van der Waals surface area contributed by atoms with E-state index in [0.29, 0.717) is 27.8 Å². The molecule has 0 aromatic heterocycles. The molecule has 0 aliphatic carbocycles. The van der Waals surface area contributed by atoms with Crippen molar-refractivity contribution in [3.63, 3.8) is 0 Å². The second kappa shape index (κ2) is 5.32. The van der Waals surface area contributed by atoms with Crippen molar-refractivity contribution in [2.24, 2.45) is 0 Å². The Morgan fingerprint density at radius 2 is 1.18 bits per heavy atom. The first-order valence-electron chi connectivity index (χ1n) is 6.92. The molecule has 0 spiro atoms. The molecule has 0 fully saturated rings. The number of phenols is 2. The first-order chi connectivity index (χ1) is 10.1. The van der Waals surface area contributed by atoms with E-state index in [-0.39, 0.29) is 21.3 Å². The molecule has 5 heteroatoms. The Balaban J connectivity index is 2.87. The Labute approximate surface area is 131 Å². The Morgan fingerprint density at radius 3 is 1.68 bits per heavy atom. The van der Waals surface area contributed by atoms with E-state index in [2.05, 4.69) is 0 Å². The number of sulfone groups is 1. The summed E-state index contributed by atoms with van der Waals surface area (Å²) in [6, 6.07) is 4.53. The van der Waals surface area contributed by atoms with E-state index in [4.69, 9.17) is 0 Å². The van der Waals surface area contributed by atoms with E-state index in [1.165, 1.54) is 12.1 Å². The van der Waals surface area contributed by atoms with E-state index in [9.17, 15) is 18.6 Å². The van der Waals surface area contributed by atoms with Crippen molar-refractivity contribution in [3.05, 3.63) is 46.0 Å². The number of aromatic hydroxyl groups is 2. The van der Waals surface area contributed by atoms with Crippen LogP contribution in [0.25, 0.3) is 0 Å². The van der Waals surface area contributed by atoms with Crippen molar-refractivity contribution in [1.82, 2.24) is 0 Å². The van der Waals surface area contributed by atoms with Crippen LogP contribution in [0.1, 0.15) is 27.8 Å². The molecule has 0 amide bonds. The molecule has 118 valence electrons. The van der Waals surface area contributed by atoms with E-state index in [1.807, 2.05) is 0 Å². The molecule has 0 aliphatic heterocycles. The highest BCUT2D eigenvalue weighted by atomic mass is 32.2. The predicted octanol–water partition coefficient (Wildman–Crippen LogP) is 3.47. The van der Waals surface area contributed by atoms with Gasteiger partial charge in [0.15, 0.2) is 0 Å². The van der Waals surface area contributed by atoms with Crippen LogP contribution in [-0.4, -0.2) is 18.6 Å². The molecule has 0 atom stereocenters. The first-order valence-corrected chi connectivity index (χ1v) is 8.40. The molecule has 2 rings (SSSR count). The Morgan fingerprint density at radius 1 is 0.727 bits per heavy atom. The summed E-state index contributed by atoms with van der Waals surface area (Å²) < 4.78 is 26.2. The van der Waals surface area contributed by atoms with Crippen LogP contribution >= 0.6 is 0 Å². The third kappa shape index (κ3) is 2.46. The number of aryl methyl sites for hydroxylation is 4. The number of hydrogen-bond acceptors (Lipinski definition) is 4. The molecular formula is C17H20O4S. The van der Waals surface area contributed by atoms with Gasteiger partial charge >= 0.3 is 0 Å². The van der Waals surface area contributed by atoms with Gasteiger partial charge in [-0.15, -0.1) is 0 Å². The van der Waals surface area contributed by atoms with E-state index < -0.39 is 9.84 Å². The number of phenolic OH excluding ortho intramolecular Hbond substituents is 2. The second-order valence-electron chi connectivity index (χ2n) is 5.73. The lowest BCUT2D eigenvalue weighted by Crippen LogP contribution is -2.10. The molecule has 0 radical (unpaired) electrons. The van der Waals surface area contributed by atoms with Gasteiger partial charge in [-0.3, -0.25) is 0 Å². The van der Waals surface area contributed by atoms with Crippen LogP contribution in [0.2, 0.25) is 0 Å². The summed E-state index contributed by atoms with van der Waals surface area (Å²) in [4.78, 5) is 0.312. The fourth-order valence-corrected chi connectivity index (χ4v) is 5.18. The highest BCUT2D eigenvalue weighted by molar-refractivity contribution is 7.91. The molecule has 0 saturated heterocycles. The van der Waals surface area contributed by atoms with Crippen molar-refractivity contribution in [3.8, 4) is 11.5 Å². The Bertz CT molecular complexity index is 842. The SMILES string of the molecule is Cc1cc(C)c(S(=O)(=O)c2c(C)cc(O)cc2C)c(C)c1O. The molecule has 2 N–H and O–H groups in total. The number of hydrogen-bond donors (Lipinski definition) is 2. The molecule has 2 aromatic rings. The summed E-state index contributed by atoms with van der Waals surface area (Å²) in [7, 11) is -3.79. The van der Waals surface area contributed by atoms with Crippen LogP contribution in [-0.2, 0) is 9.84 Å². The maximum atomic E-state index is 13.1. The largest absolute Gasteiger partial charge is 0.508 e. The van der Waals surface area contributed by atoms with Crippen molar-refractivity contribution in [2.75, 3.05) is 0 Å². The van der Waals surface area contributed by atoms with E-state index in [0.717, 1.165) is 0 Å². The fraction of sp³-hybridized carbons (Fsp3) is 0.294. The minimum absolute atomic E-state index is 0.00161. The van der Waals surface area contributed by atoms with Crippen molar-refractivity contribution >= 4 is 9.84 Å². The molecule has 22 heavy (non-hydrogen) atoms. The summed E-state index contributed by atoms with van der Waals surface area (Å²) in [6.07, 6.45) is 0. The highest BCUT2D eigenvalue weighted by Gasteiger charge is 2.28. The second-order valence-corrected chi connectivity index (χ2v) is 7.55. The van der Waals surface area contributed by atoms with Crippen LogP contribution in [0.4, 0.5) is 0 Å². The standard InChI is InChI=1S/C17H20O4S/c1-9-6-10(2)17(13(5)15(9)19)22(20,21)16-11(3)7-14(18)8-12(16)4/h6-8,18-19H,1-5H3. The molecule has 0 unspecified atom stereocenters. The lowest BCUT2D eigenvalue weighted by Gasteiger charge is -2.17. The molecule has 2 aromatic carbocycles. The third-order valence-corrected chi connectivity index (χ3v) is 6.19. The van der Waals surface area contributed by atoms with Crippen molar-refractivity contribution in [1.29, 1.82) is 0 Å². The van der Waals surface area contributed by atoms with Crippen molar-refractivity contribution in [2.45, 2.75) is 44.4 Å². The average molecular weight is 320 g/mol. The van der Waals surface area contributed by atoms with Gasteiger partial charge < -0.3 is 10.2 Å². The molecule has 0 heterocycles. The smallest absolute Gasteiger partial charge is 0.207 e. The van der Waals surface area contributed by atoms with Crippen LogP contribution in [0.15, 0.2) is 28.0 Å².